The Labute approximate surface area is 198 Å². The number of hydrogen-bond donors (Lipinski definition) is 1. The van der Waals surface area contributed by atoms with Gasteiger partial charge in [0.2, 0.25) is 23.6 Å². The topological polar surface area (TPSA) is 101 Å². The first kappa shape index (κ1) is 20.6. The molecule has 0 spiro atoms. The maximum Gasteiger partial charge on any atom is 0.238 e. The molecule has 1 N–H and O–H groups in total. The van der Waals surface area contributed by atoms with Gasteiger partial charge in [0.1, 0.15) is 12.3 Å². The van der Waals surface area contributed by atoms with Crippen LogP contribution in [0.1, 0.15) is 32.7 Å². The molecule has 3 aromatic rings. The van der Waals surface area contributed by atoms with E-state index in [1.165, 1.54) is 0 Å². The van der Waals surface area contributed by atoms with E-state index in [0.717, 1.165) is 41.8 Å². The highest BCUT2D eigenvalue weighted by molar-refractivity contribution is 5.98. The first-order chi connectivity index (χ1) is 16.6. The first-order valence-corrected chi connectivity index (χ1v) is 11.5. The lowest BCUT2D eigenvalue weighted by atomic mass is 10.0. The Bertz CT molecular complexity index is 1300. The third-order valence-corrected chi connectivity index (χ3v) is 6.64. The molecule has 174 valence electrons. The lowest BCUT2D eigenvalue weighted by Gasteiger charge is -2.31. The second-order valence-electron chi connectivity index (χ2n) is 8.88. The van der Waals surface area contributed by atoms with Crippen molar-refractivity contribution < 1.29 is 15.8 Å². The number of carbonyl (C=O) groups excluding carboxylic acids is 2. The van der Waals surface area contributed by atoms with Gasteiger partial charge in [0.15, 0.2) is 0 Å². The highest BCUT2D eigenvalue weighted by Crippen LogP contribution is 2.39. The molecule has 1 atom stereocenters. The number of benzene rings is 1. The summed E-state index contributed by atoms with van der Waals surface area (Å²) in [4.78, 5) is 41.3. The van der Waals surface area contributed by atoms with Crippen molar-refractivity contribution in [3.8, 4) is 17.0 Å². The molecule has 0 aliphatic carbocycles. The quantitative estimate of drug-likeness (QED) is 0.634. The smallest absolute Gasteiger partial charge is 0.238 e. The second-order valence-corrected chi connectivity index (χ2v) is 8.88. The molecule has 1 aromatic carbocycles. The summed E-state index contributed by atoms with van der Waals surface area (Å²) in [7, 11) is 0. The second kappa shape index (κ2) is 8.09. The fraction of sp³-hybridized carbons (Fsp3) is 0.320. The molecule has 0 saturated carbocycles. The number of carbonyl (C=O) groups is 2. The number of aryl methyl sites for hydroxylation is 1. The van der Waals surface area contributed by atoms with Gasteiger partial charge in [-0.15, -0.1) is 0 Å². The van der Waals surface area contributed by atoms with Crippen molar-refractivity contribution in [2.75, 3.05) is 28.3 Å². The Balaban J connectivity index is 0.00000253. The van der Waals surface area contributed by atoms with Crippen molar-refractivity contribution in [3.63, 3.8) is 0 Å². The zero-order chi connectivity index (χ0) is 23.2. The van der Waals surface area contributed by atoms with Gasteiger partial charge in [0.05, 0.1) is 17.9 Å². The molecule has 2 saturated heterocycles. The van der Waals surface area contributed by atoms with Crippen molar-refractivity contribution in [2.45, 2.75) is 38.6 Å². The van der Waals surface area contributed by atoms with Crippen molar-refractivity contribution in [2.24, 2.45) is 0 Å². The van der Waals surface area contributed by atoms with Crippen LogP contribution < -0.4 is 19.9 Å². The highest BCUT2D eigenvalue weighted by Gasteiger charge is 2.38. The summed E-state index contributed by atoms with van der Waals surface area (Å²) in [5.74, 6) is 1.19. The molecule has 3 aliphatic rings. The number of hydrogen-bond acceptors (Lipinski definition) is 7. The lowest BCUT2D eigenvalue weighted by molar-refractivity contribution is -0.118. The summed E-state index contributed by atoms with van der Waals surface area (Å²) >= 11 is 0. The number of nitrogens with one attached hydrogen (secondary N) is 1. The van der Waals surface area contributed by atoms with Crippen LogP contribution in [0.2, 0.25) is 0 Å². The molecule has 9 nitrogen and oxygen atoms in total. The number of ether oxygens (including phenoxy) is 1. The van der Waals surface area contributed by atoms with Crippen molar-refractivity contribution in [1.82, 2.24) is 15.0 Å². The van der Waals surface area contributed by atoms with Gasteiger partial charge >= 0.3 is 0 Å². The van der Waals surface area contributed by atoms with Gasteiger partial charge in [0.25, 0.3) is 0 Å². The number of pyridine rings is 1. The van der Waals surface area contributed by atoms with Crippen molar-refractivity contribution >= 4 is 34.8 Å². The van der Waals surface area contributed by atoms with Gasteiger partial charge in [-0.2, -0.15) is 0 Å². The molecule has 5 heterocycles. The number of fused-ring (bicyclic) bond motifs is 3. The first-order valence-electron chi connectivity index (χ1n) is 11.5. The molecule has 6 rings (SSSR count). The third-order valence-electron chi connectivity index (χ3n) is 6.64. The Hall–Kier alpha value is -4.01. The average Bonchev–Trinajstić information content (AvgIpc) is 3.45. The van der Waals surface area contributed by atoms with Crippen LogP contribution >= 0.6 is 0 Å². The molecular formula is C25H26N6O3. The van der Waals surface area contributed by atoms with Gasteiger partial charge in [-0.3, -0.25) is 9.59 Å². The molecule has 9 heteroatoms. The van der Waals surface area contributed by atoms with E-state index < -0.39 is 0 Å². The summed E-state index contributed by atoms with van der Waals surface area (Å²) < 4.78 is 5.73. The van der Waals surface area contributed by atoms with E-state index in [0.29, 0.717) is 42.7 Å². The fourth-order valence-corrected chi connectivity index (χ4v) is 4.92. The SMILES string of the molecule is Cc1cc(N2CCCC2=O)ccc1-c1cnc(Nc2cnc3c(c2)N2C(=O)CC[C@H]2CO3)nc1.[HH]. The van der Waals surface area contributed by atoms with E-state index >= 15 is 0 Å². The summed E-state index contributed by atoms with van der Waals surface area (Å²) in [6.45, 7) is 3.29. The molecular weight excluding hydrogens is 432 g/mol. The molecule has 34 heavy (non-hydrogen) atoms. The molecule has 2 amide bonds. The van der Waals surface area contributed by atoms with E-state index in [-0.39, 0.29) is 19.3 Å². The summed E-state index contributed by atoms with van der Waals surface area (Å²) in [5, 5.41) is 3.17. The largest absolute Gasteiger partial charge is 0.474 e. The monoisotopic (exact) mass is 458 g/mol. The van der Waals surface area contributed by atoms with E-state index in [9.17, 15) is 9.59 Å². The maximum atomic E-state index is 12.3. The van der Waals surface area contributed by atoms with E-state index in [4.69, 9.17) is 4.74 Å². The van der Waals surface area contributed by atoms with Crippen LogP contribution in [0.15, 0.2) is 42.9 Å². The average molecular weight is 459 g/mol. The van der Waals surface area contributed by atoms with Gasteiger partial charge < -0.3 is 19.9 Å². The van der Waals surface area contributed by atoms with Crippen LogP contribution in [0.3, 0.4) is 0 Å². The molecule has 0 unspecified atom stereocenters. The Kier molecular flexibility index (Phi) is 4.90. The molecule has 3 aliphatic heterocycles. The van der Waals surface area contributed by atoms with Gasteiger partial charge in [-0.1, -0.05) is 6.07 Å². The molecule has 2 fully saturated rings. The highest BCUT2D eigenvalue weighted by atomic mass is 16.5. The Morgan fingerprint density at radius 3 is 2.68 bits per heavy atom. The summed E-state index contributed by atoms with van der Waals surface area (Å²) in [5.41, 5.74) is 5.28. The minimum atomic E-state index is 0. The normalized spacial score (nSPS) is 19.1. The maximum absolute atomic E-state index is 12.3. The fourth-order valence-electron chi connectivity index (χ4n) is 4.92. The molecule has 0 radical (unpaired) electrons. The van der Waals surface area contributed by atoms with Crippen molar-refractivity contribution in [1.29, 1.82) is 0 Å². The molecule has 0 bridgehead atoms. The van der Waals surface area contributed by atoms with Crippen LogP contribution in [-0.4, -0.2) is 46.0 Å². The standard InChI is InChI=1S/C25H24N6O3.H2/c1-15-9-18(30-8-2-3-22(30)32)4-6-20(15)16-11-27-25(28-12-16)29-17-10-21-24(26-13-17)34-14-19-5-7-23(33)31(19)21;/h4,6,9-13,19H,2-3,5,7-8,14H2,1H3,(H,27,28,29);1H/t19-;/m0./s1. The zero-order valence-corrected chi connectivity index (χ0v) is 18.8. The minimum absolute atomic E-state index is 0. The number of rotatable bonds is 4. The van der Waals surface area contributed by atoms with Gasteiger partial charge in [-0.05, 0) is 49.1 Å². The van der Waals surface area contributed by atoms with Crippen LogP contribution in [0.5, 0.6) is 5.88 Å². The third kappa shape index (κ3) is 3.53. The van der Waals surface area contributed by atoms with Gasteiger partial charge in [-0.25, -0.2) is 15.0 Å². The molecule has 2 aromatic heterocycles. The summed E-state index contributed by atoms with van der Waals surface area (Å²) in [6.07, 6.45) is 8.05. The summed E-state index contributed by atoms with van der Waals surface area (Å²) in [6, 6.07) is 7.96. The Morgan fingerprint density at radius 1 is 1.06 bits per heavy atom. The van der Waals surface area contributed by atoms with Crippen LogP contribution in [-0.2, 0) is 9.59 Å². The van der Waals surface area contributed by atoms with E-state index in [2.05, 4.69) is 20.3 Å². The van der Waals surface area contributed by atoms with Crippen LogP contribution in [0.25, 0.3) is 11.1 Å². The number of amides is 2. The number of aromatic nitrogens is 3. The Morgan fingerprint density at radius 2 is 1.91 bits per heavy atom. The number of anilines is 4. The number of nitrogens with zero attached hydrogens (tertiary/aromatic N) is 5. The van der Waals surface area contributed by atoms with E-state index in [1.54, 1.807) is 23.5 Å². The minimum Gasteiger partial charge on any atom is -0.474 e. The van der Waals surface area contributed by atoms with Crippen LogP contribution in [0.4, 0.5) is 23.0 Å². The van der Waals surface area contributed by atoms with Crippen molar-refractivity contribution in [3.05, 3.63) is 48.4 Å². The van der Waals surface area contributed by atoms with E-state index in [1.807, 2.05) is 36.1 Å². The predicted octanol–water partition coefficient (Wildman–Crippen LogP) is 3.85. The lowest BCUT2D eigenvalue weighted by Crippen LogP contribution is -2.40. The van der Waals surface area contributed by atoms with Crippen LogP contribution in [0, 0.1) is 6.92 Å². The van der Waals surface area contributed by atoms with Gasteiger partial charge in [0, 0.05) is 44.5 Å². The predicted molar refractivity (Wildman–Crippen MR) is 129 cm³/mol. The zero-order valence-electron chi connectivity index (χ0n) is 18.8.